The van der Waals surface area contributed by atoms with E-state index in [4.69, 9.17) is 0 Å². The van der Waals surface area contributed by atoms with Crippen molar-refractivity contribution in [2.75, 3.05) is 18.4 Å². The van der Waals surface area contributed by atoms with Crippen LogP contribution in [0.3, 0.4) is 0 Å². The first-order chi connectivity index (χ1) is 12.0. The highest BCUT2D eigenvalue weighted by molar-refractivity contribution is 14.0. The lowest BCUT2D eigenvalue weighted by molar-refractivity contribution is -0.114. The maximum absolute atomic E-state index is 12.9. The second-order valence-electron chi connectivity index (χ2n) is 5.35. The normalized spacial score (nSPS) is 10.8. The molecule has 0 fully saturated rings. The van der Waals surface area contributed by atoms with E-state index in [9.17, 15) is 9.18 Å². The number of nitrogens with zero attached hydrogens (tertiary/aromatic N) is 2. The van der Waals surface area contributed by atoms with Crippen LogP contribution in [-0.4, -0.2) is 29.9 Å². The molecule has 2 aromatic rings. The first-order valence-electron chi connectivity index (χ1n) is 7.98. The zero-order valence-corrected chi connectivity index (χ0v) is 18.1. The van der Waals surface area contributed by atoms with Crippen molar-refractivity contribution in [1.29, 1.82) is 0 Å². The van der Waals surface area contributed by atoms with Gasteiger partial charge >= 0.3 is 0 Å². The Bertz CT molecular complexity index is 729. The van der Waals surface area contributed by atoms with Crippen LogP contribution < -0.4 is 16.0 Å². The van der Waals surface area contributed by atoms with E-state index >= 15 is 0 Å². The summed E-state index contributed by atoms with van der Waals surface area (Å²) in [4.78, 5) is 21.9. The first-order valence-corrected chi connectivity index (χ1v) is 8.80. The van der Waals surface area contributed by atoms with Gasteiger partial charge in [0.15, 0.2) is 5.96 Å². The summed E-state index contributed by atoms with van der Waals surface area (Å²) in [5.41, 5.74) is 1.57. The van der Waals surface area contributed by atoms with Crippen molar-refractivity contribution >= 4 is 52.9 Å². The van der Waals surface area contributed by atoms with E-state index in [0.717, 1.165) is 10.7 Å². The summed E-state index contributed by atoms with van der Waals surface area (Å²) in [6.45, 7) is 7.16. The summed E-state index contributed by atoms with van der Waals surface area (Å²) < 4.78 is 12.9. The molecule has 0 aliphatic heterocycles. The highest BCUT2D eigenvalue weighted by atomic mass is 127. The highest BCUT2D eigenvalue weighted by Gasteiger charge is 2.06. The van der Waals surface area contributed by atoms with E-state index in [0.29, 0.717) is 24.7 Å². The number of carbonyl (C=O) groups excluding carboxylic acids is 1. The Hall–Kier alpha value is -1.75. The molecule has 1 aromatic carbocycles. The number of aliphatic imine (C=N–C) groups is 1. The van der Waals surface area contributed by atoms with Crippen LogP contribution in [-0.2, 0) is 11.3 Å². The second kappa shape index (κ2) is 11.1. The summed E-state index contributed by atoms with van der Waals surface area (Å²) in [5.74, 6) is -0.0747. The van der Waals surface area contributed by atoms with E-state index in [1.54, 1.807) is 11.3 Å². The number of guanidine groups is 1. The molecular weight excluding hydrogens is 468 g/mol. The monoisotopic (exact) mass is 491 g/mol. The number of hydrogen-bond acceptors (Lipinski definition) is 4. The van der Waals surface area contributed by atoms with Crippen LogP contribution in [0.25, 0.3) is 0 Å². The van der Waals surface area contributed by atoms with Crippen LogP contribution in [0.2, 0.25) is 0 Å². The first kappa shape index (κ1) is 22.3. The number of benzene rings is 1. The van der Waals surface area contributed by atoms with E-state index in [1.807, 2.05) is 20.8 Å². The van der Waals surface area contributed by atoms with Crippen LogP contribution in [0.15, 0.2) is 29.3 Å². The number of aryl methyl sites for hydroxylation is 2. The molecule has 1 aromatic heterocycles. The molecule has 1 heterocycles. The third kappa shape index (κ3) is 7.24. The SMILES string of the molecule is CCNC(=NCC(=O)Nc1ccc(F)cc1)NCc1nc(C)c(C)s1.I. The van der Waals surface area contributed by atoms with Crippen LogP contribution in [0.5, 0.6) is 0 Å². The number of halogens is 2. The third-order valence-corrected chi connectivity index (χ3v) is 4.41. The lowest BCUT2D eigenvalue weighted by atomic mass is 10.3. The van der Waals surface area contributed by atoms with Crippen molar-refractivity contribution in [3.63, 3.8) is 0 Å². The lowest BCUT2D eigenvalue weighted by Gasteiger charge is -2.10. The zero-order chi connectivity index (χ0) is 18.2. The largest absolute Gasteiger partial charge is 0.357 e. The quantitative estimate of drug-likeness (QED) is 0.330. The number of thiazole rings is 1. The van der Waals surface area contributed by atoms with Crippen LogP contribution in [0.1, 0.15) is 22.5 Å². The van der Waals surface area contributed by atoms with Gasteiger partial charge in [-0.05, 0) is 45.0 Å². The fraction of sp³-hybridized carbons (Fsp3) is 0.353. The average molecular weight is 491 g/mol. The predicted octanol–water partition coefficient (Wildman–Crippen LogP) is 3.21. The Labute approximate surface area is 173 Å². The summed E-state index contributed by atoms with van der Waals surface area (Å²) in [5, 5.41) is 9.89. The molecule has 3 N–H and O–H groups in total. The van der Waals surface area contributed by atoms with Crippen LogP contribution in [0.4, 0.5) is 10.1 Å². The summed E-state index contributed by atoms with van der Waals surface area (Å²) >= 11 is 1.64. The Balaban J connectivity index is 0.00000338. The molecule has 142 valence electrons. The topological polar surface area (TPSA) is 78.4 Å². The summed E-state index contributed by atoms with van der Waals surface area (Å²) in [6.07, 6.45) is 0. The van der Waals surface area contributed by atoms with Crippen molar-refractivity contribution < 1.29 is 9.18 Å². The van der Waals surface area contributed by atoms with E-state index in [2.05, 4.69) is 25.9 Å². The fourth-order valence-electron chi connectivity index (χ4n) is 2.00. The molecule has 0 aliphatic carbocycles. The van der Waals surface area contributed by atoms with Gasteiger partial charge in [0.1, 0.15) is 17.4 Å². The molecule has 0 aliphatic rings. The molecule has 26 heavy (non-hydrogen) atoms. The Morgan fingerprint density at radius 1 is 1.23 bits per heavy atom. The standard InChI is InChI=1S/C17H22FN5OS.HI/c1-4-19-17(21-10-16-22-11(2)12(3)25-16)20-9-15(24)23-14-7-5-13(18)6-8-14;/h5-8H,4,9-10H2,1-3H3,(H,23,24)(H2,19,20,21);1H. The van der Waals surface area contributed by atoms with Crippen molar-refractivity contribution in [2.45, 2.75) is 27.3 Å². The van der Waals surface area contributed by atoms with Crippen LogP contribution >= 0.6 is 35.3 Å². The summed E-state index contributed by atoms with van der Waals surface area (Å²) in [7, 11) is 0. The van der Waals surface area contributed by atoms with Gasteiger partial charge in [-0.1, -0.05) is 0 Å². The molecule has 6 nitrogen and oxygen atoms in total. The smallest absolute Gasteiger partial charge is 0.246 e. The van der Waals surface area contributed by atoms with Gasteiger partial charge in [-0.25, -0.2) is 14.4 Å². The number of aromatic nitrogens is 1. The highest BCUT2D eigenvalue weighted by Crippen LogP contribution is 2.15. The number of hydrogen-bond donors (Lipinski definition) is 3. The van der Waals surface area contributed by atoms with E-state index < -0.39 is 0 Å². The molecule has 0 unspecified atom stereocenters. The van der Waals surface area contributed by atoms with Crippen molar-refractivity contribution in [2.24, 2.45) is 4.99 Å². The minimum Gasteiger partial charge on any atom is -0.357 e. The van der Waals surface area contributed by atoms with E-state index in [1.165, 1.54) is 29.1 Å². The van der Waals surface area contributed by atoms with Gasteiger partial charge in [-0.2, -0.15) is 0 Å². The maximum Gasteiger partial charge on any atom is 0.246 e. The van der Waals surface area contributed by atoms with Gasteiger partial charge in [0.2, 0.25) is 5.91 Å². The molecular formula is C17H23FIN5OS. The second-order valence-corrected chi connectivity index (χ2v) is 6.64. The maximum atomic E-state index is 12.9. The van der Waals surface area contributed by atoms with Gasteiger partial charge in [-0.15, -0.1) is 35.3 Å². The third-order valence-electron chi connectivity index (χ3n) is 3.33. The zero-order valence-electron chi connectivity index (χ0n) is 14.9. The summed E-state index contributed by atoms with van der Waals surface area (Å²) in [6, 6.07) is 5.60. The molecule has 2 rings (SSSR count). The van der Waals surface area contributed by atoms with E-state index in [-0.39, 0.29) is 42.2 Å². The van der Waals surface area contributed by atoms with Crippen molar-refractivity contribution in [1.82, 2.24) is 15.6 Å². The number of nitrogens with one attached hydrogen (secondary N) is 3. The Morgan fingerprint density at radius 3 is 2.50 bits per heavy atom. The molecule has 0 atom stereocenters. The predicted molar refractivity (Wildman–Crippen MR) is 115 cm³/mol. The molecule has 9 heteroatoms. The Morgan fingerprint density at radius 2 is 1.92 bits per heavy atom. The van der Waals surface area contributed by atoms with Gasteiger partial charge in [-0.3, -0.25) is 4.79 Å². The minimum absolute atomic E-state index is 0. The molecule has 0 spiro atoms. The van der Waals surface area contributed by atoms with Crippen LogP contribution in [0, 0.1) is 19.7 Å². The molecule has 0 radical (unpaired) electrons. The number of amides is 1. The number of anilines is 1. The van der Waals surface area contributed by atoms with Crippen molar-refractivity contribution in [3.8, 4) is 0 Å². The van der Waals surface area contributed by atoms with Gasteiger partial charge < -0.3 is 16.0 Å². The molecule has 0 bridgehead atoms. The average Bonchev–Trinajstić information content (AvgIpc) is 2.90. The Kier molecular flexibility index (Phi) is 9.49. The molecule has 0 saturated heterocycles. The van der Waals surface area contributed by atoms with Gasteiger partial charge in [0.25, 0.3) is 0 Å². The number of rotatable bonds is 6. The van der Waals surface area contributed by atoms with Gasteiger partial charge in [0, 0.05) is 17.1 Å². The lowest BCUT2D eigenvalue weighted by Crippen LogP contribution is -2.37. The minimum atomic E-state index is -0.345. The molecule has 0 saturated carbocycles. The number of carbonyl (C=O) groups is 1. The molecule has 1 amide bonds. The van der Waals surface area contributed by atoms with Gasteiger partial charge in [0.05, 0.1) is 12.2 Å². The fourth-order valence-corrected chi connectivity index (χ4v) is 2.87. The van der Waals surface area contributed by atoms with Crippen molar-refractivity contribution in [3.05, 3.63) is 45.7 Å².